The van der Waals surface area contributed by atoms with Crippen LogP contribution in [0.2, 0.25) is 0 Å². The molecule has 2 aromatic carbocycles. The van der Waals surface area contributed by atoms with Crippen LogP contribution in [-0.2, 0) is 6.54 Å². The van der Waals surface area contributed by atoms with Gasteiger partial charge >= 0.3 is 0 Å². The number of hydrogen-bond donors (Lipinski definition) is 1. The number of hydrogen-bond acceptors (Lipinski definition) is 3. The van der Waals surface area contributed by atoms with Crippen molar-refractivity contribution in [2.24, 2.45) is 5.73 Å². The number of rotatable bonds is 8. The topological polar surface area (TPSA) is 60.5 Å². The number of carbonyl (C=O) groups excluding carboxylic acids is 1. The molecule has 2 heterocycles. The highest BCUT2D eigenvalue weighted by molar-refractivity contribution is 5.98. The Morgan fingerprint density at radius 1 is 1.16 bits per heavy atom. The summed E-state index contributed by atoms with van der Waals surface area (Å²) in [6.07, 6.45) is 5.55. The first-order valence-electron chi connectivity index (χ1n) is 10.4. The van der Waals surface area contributed by atoms with Crippen molar-refractivity contribution in [3.8, 4) is 5.75 Å². The van der Waals surface area contributed by atoms with E-state index in [0.29, 0.717) is 10.9 Å². The predicted molar refractivity (Wildman–Crippen MR) is 117 cm³/mol. The van der Waals surface area contributed by atoms with E-state index in [4.69, 9.17) is 10.5 Å². The third-order valence-corrected chi connectivity index (χ3v) is 5.71. The summed E-state index contributed by atoms with van der Waals surface area (Å²) in [5, 5.41) is 0.637. The normalized spacial score (nSPS) is 12.9. The second-order valence-corrected chi connectivity index (χ2v) is 7.59. The molecule has 7 heteroatoms. The maximum atomic E-state index is 14.1. The van der Waals surface area contributed by atoms with Crippen LogP contribution in [0.5, 0.6) is 5.75 Å². The molecule has 0 unspecified atom stereocenters. The smallest absolute Gasteiger partial charge is 0.249 e. The van der Waals surface area contributed by atoms with E-state index < -0.39 is 11.7 Å². The number of nitrogens with two attached hydrogens (primary N) is 1. The minimum Gasteiger partial charge on any atom is -0.484 e. The molecule has 1 aliphatic heterocycles. The minimum atomic E-state index is -0.615. The van der Waals surface area contributed by atoms with E-state index in [1.165, 1.54) is 18.2 Å². The van der Waals surface area contributed by atoms with Crippen LogP contribution in [-0.4, -0.2) is 35.1 Å². The number of aromatic nitrogens is 1. The van der Waals surface area contributed by atoms with Crippen molar-refractivity contribution in [3.05, 3.63) is 71.1 Å². The fraction of sp³-hybridized carbons (Fsp3) is 0.292. The van der Waals surface area contributed by atoms with Gasteiger partial charge in [0.15, 0.2) is 11.6 Å². The van der Waals surface area contributed by atoms with Crippen LogP contribution in [0.15, 0.2) is 48.3 Å². The lowest BCUT2D eigenvalue weighted by Gasteiger charge is -2.30. The average Bonchev–Trinajstić information content (AvgIpc) is 3.18. The largest absolute Gasteiger partial charge is 0.484 e. The van der Waals surface area contributed by atoms with Crippen molar-refractivity contribution >= 4 is 22.9 Å². The summed E-state index contributed by atoms with van der Waals surface area (Å²) in [7, 11) is 0. The zero-order valence-corrected chi connectivity index (χ0v) is 17.4. The van der Waals surface area contributed by atoms with E-state index in [2.05, 4.69) is 9.47 Å². The monoisotopic (exact) mass is 425 g/mol. The lowest BCUT2D eigenvalue weighted by Crippen LogP contribution is -2.29. The molecule has 2 N–H and O–H groups in total. The van der Waals surface area contributed by atoms with Gasteiger partial charge < -0.3 is 19.9 Å². The molecule has 1 aromatic heterocycles. The maximum Gasteiger partial charge on any atom is 0.249 e. The van der Waals surface area contributed by atoms with Gasteiger partial charge in [-0.3, -0.25) is 4.79 Å². The van der Waals surface area contributed by atoms with Crippen molar-refractivity contribution in [2.45, 2.75) is 26.3 Å². The third kappa shape index (κ3) is 4.13. The standard InChI is InChI=1S/C24H25F2N3O2/c1-2-28(11-3-4-12-29-13-10-18-20(25)6-5-7-22(18)29)16-14-19-17(24(27)30)8-9-21(26)23(19)31-15-16/h5-10,13-14H,2-4,11-12,15H2,1H3,(H2,27,30). The fourth-order valence-corrected chi connectivity index (χ4v) is 4.09. The number of primary amides is 1. The molecule has 162 valence electrons. The molecular formula is C24H25F2N3O2. The second kappa shape index (κ2) is 8.79. The molecule has 0 radical (unpaired) electrons. The second-order valence-electron chi connectivity index (χ2n) is 7.59. The Labute approximate surface area is 179 Å². The quantitative estimate of drug-likeness (QED) is 0.539. The summed E-state index contributed by atoms with van der Waals surface area (Å²) in [4.78, 5) is 13.9. The van der Waals surface area contributed by atoms with E-state index >= 15 is 0 Å². The molecule has 0 aliphatic carbocycles. The van der Waals surface area contributed by atoms with Gasteiger partial charge in [0.2, 0.25) is 5.91 Å². The van der Waals surface area contributed by atoms with E-state index in [1.807, 2.05) is 19.2 Å². The van der Waals surface area contributed by atoms with Gasteiger partial charge in [0.25, 0.3) is 0 Å². The first kappa shape index (κ1) is 20.9. The lowest BCUT2D eigenvalue weighted by atomic mass is 10.0. The van der Waals surface area contributed by atoms with Gasteiger partial charge in [-0.25, -0.2) is 8.78 Å². The van der Waals surface area contributed by atoms with Gasteiger partial charge in [-0.1, -0.05) is 6.07 Å². The zero-order chi connectivity index (χ0) is 22.0. The van der Waals surface area contributed by atoms with Crippen LogP contribution in [0.3, 0.4) is 0 Å². The van der Waals surface area contributed by atoms with Crippen LogP contribution >= 0.6 is 0 Å². The number of fused-ring (bicyclic) bond motifs is 2. The Bertz CT molecular complexity index is 1150. The van der Waals surface area contributed by atoms with Crippen molar-refractivity contribution in [2.75, 3.05) is 19.7 Å². The first-order chi connectivity index (χ1) is 15.0. The van der Waals surface area contributed by atoms with Crippen LogP contribution in [0.1, 0.15) is 35.7 Å². The number of ether oxygens (including phenoxy) is 1. The van der Waals surface area contributed by atoms with Gasteiger partial charge in [-0.05, 0) is 56.2 Å². The third-order valence-electron chi connectivity index (χ3n) is 5.71. The number of nitrogens with zero attached hydrogens (tertiary/aromatic N) is 2. The van der Waals surface area contributed by atoms with Gasteiger partial charge in [0.1, 0.15) is 12.4 Å². The molecule has 0 saturated carbocycles. The SMILES string of the molecule is CCN(CCCCn1ccc2c(F)cccc21)C1=Cc2c(C(N)=O)ccc(F)c2OC1. The van der Waals surface area contributed by atoms with Gasteiger partial charge in [0, 0.05) is 36.8 Å². The molecule has 0 bridgehead atoms. The summed E-state index contributed by atoms with van der Waals surface area (Å²) in [6.45, 7) is 4.61. The number of aryl methyl sites for hydroxylation is 1. The summed E-state index contributed by atoms with van der Waals surface area (Å²) in [5.41, 5.74) is 7.88. The number of likely N-dealkylation sites (N-methyl/N-ethyl adjacent to an activating group) is 1. The summed E-state index contributed by atoms with van der Waals surface area (Å²) in [6, 6.07) is 9.52. The molecule has 1 aliphatic rings. The fourth-order valence-electron chi connectivity index (χ4n) is 4.09. The van der Waals surface area contributed by atoms with Crippen molar-refractivity contribution in [1.29, 1.82) is 0 Å². The maximum absolute atomic E-state index is 14.1. The molecule has 31 heavy (non-hydrogen) atoms. The number of amides is 1. The Kier molecular flexibility index (Phi) is 5.93. The first-order valence-corrected chi connectivity index (χ1v) is 10.4. The Morgan fingerprint density at radius 3 is 2.77 bits per heavy atom. The van der Waals surface area contributed by atoms with E-state index in [9.17, 15) is 13.6 Å². The van der Waals surface area contributed by atoms with E-state index in [0.717, 1.165) is 43.7 Å². The Balaban J connectivity index is 1.43. The summed E-state index contributed by atoms with van der Waals surface area (Å²) >= 11 is 0. The average molecular weight is 425 g/mol. The zero-order valence-electron chi connectivity index (χ0n) is 17.4. The predicted octanol–water partition coefficient (Wildman–Crippen LogP) is 4.55. The van der Waals surface area contributed by atoms with Crippen LogP contribution in [0.4, 0.5) is 8.78 Å². The van der Waals surface area contributed by atoms with Crippen LogP contribution < -0.4 is 10.5 Å². The molecule has 0 saturated heterocycles. The van der Waals surface area contributed by atoms with E-state index in [1.54, 1.807) is 18.2 Å². The van der Waals surface area contributed by atoms with Gasteiger partial charge in [0.05, 0.1) is 16.8 Å². The molecule has 3 aromatic rings. The molecule has 4 rings (SSSR count). The van der Waals surface area contributed by atoms with Crippen molar-refractivity contribution < 1.29 is 18.3 Å². The van der Waals surface area contributed by atoms with Crippen LogP contribution in [0, 0.1) is 11.6 Å². The van der Waals surface area contributed by atoms with Crippen molar-refractivity contribution in [1.82, 2.24) is 9.47 Å². The number of unbranched alkanes of at least 4 members (excludes halogenated alkanes) is 1. The highest BCUT2D eigenvalue weighted by Crippen LogP contribution is 2.33. The number of halogens is 2. The summed E-state index contributed by atoms with van der Waals surface area (Å²) < 4.78 is 35.7. The number of benzene rings is 2. The van der Waals surface area contributed by atoms with E-state index in [-0.39, 0.29) is 23.7 Å². The van der Waals surface area contributed by atoms with Crippen molar-refractivity contribution in [3.63, 3.8) is 0 Å². The molecule has 5 nitrogen and oxygen atoms in total. The molecule has 0 spiro atoms. The lowest BCUT2D eigenvalue weighted by molar-refractivity contribution is 0.0999. The van der Waals surface area contributed by atoms with Gasteiger partial charge in [-0.15, -0.1) is 0 Å². The summed E-state index contributed by atoms with van der Waals surface area (Å²) in [5.74, 6) is -1.25. The van der Waals surface area contributed by atoms with Gasteiger partial charge in [-0.2, -0.15) is 0 Å². The number of carbonyl (C=O) groups is 1. The molecular weight excluding hydrogens is 400 g/mol. The minimum absolute atomic E-state index is 0.0721. The highest BCUT2D eigenvalue weighted by atomic mass is 19.1. The Hall–Kier alpha value is -3.35. The molecule has 0 atom stereocenters. The van der Waals surface area contributed by atoms with Crippen LogP contribution in [0.25, 0.3) is 17.0 Å². The molecule has 1 amide bonds. The Morgan fingerprint density at radius 2 is 2.00 bits per heavy atom. The highest BCUT2D eigenvalue weighted by Gasteiger charge is 2.23. The molecule has 0 fully saturated rings.